The molecular formula is C43H80O3. The normalized spacial score (nSPS) is 11.4. The van der Waals surface area contributed by atoms with E-state index in [1.54, 1.807) is 0 Å². The zero-order chi connectivity index (χ0) is 33.0. The van der Waals surface area contributed by atoms with Gasteiger partial charge in [0.05, 0.1) is 25.4 Å². The summed E-state index contributed by atoms with van der Waals surface area (Å²) in [7, 11) is 0. The maximum atomic E-state index is 10.0. The second-order valence-corrected chi connectivity index (χ2v) is 14.2. The molecule has 1 rings (SSSR count). The molecule has 0 amide bonds. The van der Waals surface area contributed by atoms with Crippen LogP contribution in [0, 0.1) is 0 Å². The zero-order valence-corrected chi connectivity index (χ0v) is 31.2. The molecule has 0 unspecified atom stereocenters. The minimum absolute atomic E-state index is 0.0383. The smallest absolute Gasteiger partial charge is 0.128 e. The van der Waals surface area contributed by atoms with Crippen LogP contribution >= 0.6 is 0 Å². The molecule has 0 atom stereocenters. The third-order valence-corrected chi connectivity index (χ3v) is 9.76. The first-order chi connectivity index (χ1) is 22.8. The van der Waals surface area contributed by atoms with Crippen LogP contribution in [0.1, 0.15) is 225 Å². The van der Waals surface area contributed by atoms with Crippen molar-refractivity contribution in [2.45, 2.75) is 226 Å². The third-order valence-electron chi connectivity index (χ3n) is 9.76. The van der Waals surface area contributed by atoms with Crippen molar-refractivity contribution in [2.75, 3.05) is 13.2 Å². The highest BCUT2D eigenvalue weighted by Gasteiger charge is 2.10. The molecule has 0 spiro atoms. The topological polar surface area (TPSA) is 38.7 Å². The van der Waals surface area contributed by atoms with E-state index in [2.05, 4.69) is 13.8 Å². The number of hydrogen-bond acceptors (Lipinski definition) is 3. The van der Waals surface area contributed by atoms with Gasteiger partial charge in [0, 0.05) is 0 Å². The molecule has 0 radical (unpaired) electrons. The predicted octanol–water partition coefficient (Wildman–Crippen LogP) is 14.5. The quantitative estimate of drug-likeness (QED) is 0.0732. The maximum Gasteiger partial charge on any atom is 0.128 e. The van der Waals surface area contributed by atoms with Gasteiger partial charge in [-0.1, -0.05) is 213 Å². The Balaban J connectivity index is 1.96. The van der Waals surface area contributed by atoms with Gasteiger partial charge in [-0.3, -0.25) is 0 Å². The van der Waals surface area contributed by atoms with Crippen LogP contribution in [-0.4, -0.2) is 18.3 Å². The lowest BCUT2D eigenvalue weighted by atomic mass is 10.0. The predicted molar refractivity (Wildman–Crippen MR) is 202 cm³/mol. The molecule has 0 aliphatic rings. The van der Waals surface area contributed by atoms with Crippen LogP contribution in [0.2, 0.25) is 0 Å². The van der Waals surface area contributed by atoms with Crippen LogP contribution in [0.4, 0.5) is 0 Å². The number of ether oxygens (including phenoxy) is 2. The Morgan fingerprint density at radius 2 is 0.609 bits per heavy atom. The fourth-order valence-corrected chi connectivity index (χ4v) is 6.64. The van der Waals surface area contributed by atoms with E-state index in [1.807, 2.05) is 18.2 Å². The summed E-state index contributed by atoms with van der Waals surface area (Å²) in [6, 6.07) is 5.93. The second-order valence-electron chi connectivity index (χ2n) is 14.2. The SMILES string of the molecule is CCCCCCCCCCCCCCCCCCOc1cccc(OCCCCCCCCCCCCCCCCCC)c1CO. The minimum atomic E-state index is -0.0383. The molecule has 0 fully saturated rings. The Labute approximate surface area is 288 Å². The summed E-state index contributed by atoms with van der Waals surface area (Å²) in [5.41, 5.74) is 0.801. The average Bonchev–Trinajstić information content (AvgIpc) is 3.07. The fourth-order valence-electron chi connectivity index (χ4n) is 6.64. The molecule has 0 saturated heterocycles. The van der Waals surface area contributed by atoms with Gasteiger partial charge in [-0.2, -0.15) is 0 Å². The van der Waals surface area contributed by atoms with Crippen molar-refractivity contribution in [3.63, 3.8) is 0 Å². The Bertz CT molecular complexity index is 676. The second kappa shape index (κ2) is 35.1. The van der Waals surface area contributed by atoms with Crippen molar-refractivity contribution < 1.29 is 14.6 Å². The highest BCUT2D eigenvalue weighted by atomic mass is 16.5. The summed E-state index contributed by atoms with van der Waals surface area (Å²) in [6.45, 7) is 5.98. The van der Waals surface area contributed by atoms with Gasteiger partial charge in [-0.15, -0.1) is 0 Å². The molecule has 0 aliphatic heterocycles. The molecule has 0 bridgehead atoms. The molecule has 0 aromatic heterocycles. The molecule has 1 N–H and O–H groups in total. The van der Waals surface area contributed by atoms with Crippen molar-refractivity contribution in [1.29, 1.82) is 0 Å². The van der Waals surface area contributed by atoms with Crippen LogP contribution in [0.3, 0.4) is 0 Å². The van der Waals surface area contributed by atoms with Gasteiger partial charge in [-0.25, -0.2) is 0 Å². The largest absolute Gasteiger partial charge is 0.493 e. The molecule has 270 valence electrons. The molecule has 3 heteroatoms. The van der Waals surface area contributed by atoms with Gasteiger partial charge in [-0.05, 0) is 25.0 Å². The van der Waals surface area contributed by atoms with E-state index < -0.39 is 0 Å². The summed E-state index contributed by atoms with van der Waals surface area (Å²) >= 11 is 0. The van der Waals surface area contributed by atoms with E-state index in [4.69, 9.17) is 9.47 Å². The summed E-state index contributed by atoms with van der Waals surface area (Å²) < 4.78 is 12.2. The van der Waals surface area contributed by atoms with E-state index in [-0.39, 0.29) is 6.61 Å². The molecule has 0 heterocycles. The maximum absolute atomic E-state index is 10.0. The van der Waals surface area contributed by atoms with Crippen molar-refractivity contribution in [1.82, 2.24) is 0 Å². The van der Waals surface area contributed by atoms with E-state index in [0.29, 0.717) is 13.2 Å². The Morgan fingerprint density at radius 3 is 0.848 bits per heavy atom. The lowest BCUT2D eigenvalue weighted by Crippen LogP contribution is -2.04. The molecule has 0 aliphatic carbocycles. The molecule has 0 saturated carbocycles. The van der Waals surface area contributed by atoms with Crippen LogP contribution in [-0.2, 0) is 6.61 Å². The first-order valence-corrected chi connectivity index (χ1v) is 20.8. The van der Waals surface area contributed by atoms with Crippen molar-refractivity contribution in [3.05, 3.63) is 23.8 Å². The summed E-state index contributed by atoms with van der Waals surface area (Å²) in [5.74, 6) is 1.57. The summed E-state index contributed by atoms with van der Waals surface area (Å²) in [6.07, 6.45) is 44.0. The van der Waals surface area contributed by atoms with Crippen molar-refractivity contribution >= 4 is 0 Å². The van der Waals surface area contributed by atoms with Crippen LogP contribution in [0.15, 0.2) is 18.2 Å². The third kappa shape index (κ3) is 26.8. The molecule has 3 nitrogen and oxygen atoms in total. The fraction of sp³-hybridized carbons (Fsp3) is 0.860. The molecule has 1 aromatic rings. The lowest BCUT2D eigenvalue weighted by molar-refractivity contribution is 0.242. The standard InChI is InChI=1S/C43H80O3/c1-3-5-7-9-11-13-15-17-19-21-23-25-27-29-31-33-38-45-42-36-35-37-43(41(42)40-44)46-39-34-32-30-28-26-24-22-20-18-16-14-12-10-8-6-4-2/h35-37,44H,3-34,38-40H2,1-2H3. The van der Waals surface area contributed by atoms with Gasteiger partial charge in [0.1, 0.15) is 11.5 Å². The number of aliphatic hydroxyl groups is 1. The van der Waals surface area contributed by atoms with Gasteiger partial charge in [0.15, 0.2) is 0 Å². The highest BCUT2D eigenvalue weighted by molar-refractivity contribution is 5.44. The number of benzene rings is 1. The van der Waals surface area contributed by atoms with Crippen LogP contribution in [0.25, 0.3) is 0 Å². The average molecular weight is 645 g/mol. The van der Waals surface area contributed by atoms with Gasteiger partial charge in [0.2, 0.25) is 0 Å². The monoisotopic (exact) mass is 645 g/mol. The van der Waals surface area contributed by atoms with Crippen molar-refractivity contribution in [2.24, 2.45) is 0 Å². The van der Waals surface area contributed by atoms with Crippen molar-refractivity contribution in [3.8, 4) is 11.5 Å². The Kier molecular flexibility index (Phi) is 32.7. The number of hydrogen-bond donors (Lipinski definition) is 1. The molecule has 46 heavy (non-hydrogen) atoms. The van der Waals surface area contributed by atoms with E-state index >= 15 is 0 Å². The van der Waals surface area contributed by atoms with E-state index in [0.717, 1.165) is 29.9 Å². The van der Waals surface area contributed by atoms with Gasteiger partial charge in [0.25, 0.3) is 0 Å². The number of rotatable bonds is 37. The van der Waals surface area contributed by atoms with Crippen LogP contribution in [0.5, 0.6) is 11.5 Å². The Morgan fingerprint density at radius 1 is 0.370 bits per heavy atom. The van der Waals surface area contributed by atoms with Gasteiger partial charge >= 0.3 is 0 Å². The van der Waals surface area contributed by atoms with E-state index in [1.165, 1.54) is 193 Å². The molecule has 1 aromatic carbocycles. The minimum Gasteiger partial charge on any atom is -0.493 e. The molecular weight excluding hydrogens is 564 g/mol. The number of unbranched alkanes of at least 4 members (excludes halogenated alkanes) is 30. The highest BCUT2D eigenvalue weighted by Crippen LogP contribution is 2.29. The van der Waals surface area contributed by atoms with Crippen LogP contribution < -0.4 is 9.47 Å². The first kappa shape index (κ1) is 42.8. The number of aliphatic hydroxyl groups excluding tert-OH is 1. The summed E-state index contributed by atoms with van der Waals surface area (Å²) in [5, 5.41) is 10.0. The van der Waals surface area contributed by atoms with E-state index in [9.17, 15) is 5.11 Å². The summed E-state index contributed by atoms with van der Waals surface area (Å²) in [4.78, 5) is 0. The van der Waals surface area contributed by atoms with Gasteiger partial charge < -0.3 is 14.6 Å². The first-order valence-electron chi connectivity index (χ1n) is 20.8. The lowest BCUT2D eigenvalue weighted by Gasteiger charge is -2.15. The Hall–Kier alpha value is -1.22. The zero-order valence-electron chi connectivity index (χ0n) is 31.2.